The number of nitrogens with zero attached hydrogens (tertiary/aromatic N) is 1. The molecule has 110 valence electrons. The van der Waals surface area contributed by atoms with Crippen LogP contribution in [0.4, 0.5) is 0 Å². The average molecular weight is 259 g/mol. The van der Waals surface area contributed by atoms with Gasteiger partial charge in [0.2, 0.25) is 0 Å². The molecule has 0 radical (unpaired) electrons. The number of ether oxygens (including phenoxy) is 2. The van der Waals surface area contributed by atoms with E-state index in [0.717, 1.165) is 13.2 Å². The fourth-order valence-corrected chi connectivity index (χ4v) is 1.72. The Morgan fingerprint density at radius 2 is 1.11 bits per heavy atom. The van der Waals surface area contributed by atoms with Gasteiger partial charge in [0.05, 0.1) is 12.2 Å². The summed E-state index contributed by atoms with van der Waals surface area (Å²) >= 11 is 0. The second-order valence-corrected chi connectivity index (χ2v) is 5.56. The Hall–Kier alpha value is -0.120. The van der Waals surface area contributed by atoms with Gasteiger partial charge in [-0.15, -0.1) is 0 Å². The number of hydrogen-bond acceptors (Lipinski definition) is 3. The molecule has 0 atom stereocenters. The van der Waals surface area contributed by atoms with E-state index in [9.17, 15) is 0 Å². The minimum Gasteiger partial charge on any atom is -0.379 e. The van der Waals surface area contributed by atoms with Crippen LogP contribution in [-0.4, -0.2) is 50.5 Å². The van der Waals surface area contributed by atoms with E-state index in [0.29, 0.717) is 12.2 Å². The summed E-state index contributed by atoms with van der Waals surface area (Å²) in [6, 6.07) is 0. The first-order valence-corrected chi connectivity index (χ1v) is 7.44. The van der Waals surface area contributed by atoms with E-state index in [2.05, 4.69) is 39.6 Å². The van der Waals surface area contributed by atoms with Crippen molar-refractivity contribution in [3.8, 4) is 0 Å². The molecular weight excluding hydrogens is 226 g/mol. The van der Waals surface area contributed by atoms with Crippen molar-refractivity contribution in [2.45, 2.75) is 65.6 Å². The summed E-state index contributed by atoms with van der Waals surface area (Å²) in [5.41, 5.74) is 0. The molecule has 0 unspecified atom stereocenters. The molecular formula is C15H33NO2. The predicted octanol–water partition coefficient (Wildman–Crippen LogP) is 3.33. The van der Waals surface area contributed by atoms with Crippen LogP contribution >= 0.6 is 0 Å². The van der Waals surface area contributed by atoms with Gasteiger partial charge in [0.1, 0.15) is 0 Å². The van der Waals surface area contributed by atoms with Crippen LogP contribution < -0.4 is 0 Å². The van der Waals surface area contributed by atoms with Gasteiger partial charge in [0.15, 0.2) is 0 Å². The van der Waals surface area contributed by atoms with E-state index in [4.69, 9.17) is 9.47 Å². The molecule has 0 aromatic heterocycles. The van der Waals surface area contributed by atoms with Crippen molar-refractivity contribution < 1.29 is 9.47 Å². The largest absolute Gasteiger partial charge is 0.379 e. The van der Waals surface area contributed by atoms with E-state index in [1.54, 1.807) is 0 Å². The Kier molecular flexibility index (Phi) is 11.9. The molecule has 0 rings (SSSR count). The first kappa shape index (κ1) is 17.9. The Bertz CT molecular complexity index is 154. The van der Waals surface area contributed by atoms with Gasteiger partial charge < -0.3 is 14.4 Å². The highest BCUT2D eigenvalue weighted by Crippen LogP contribution is 2.00. The minimum absolute atomic E-state index is 0.365. The fourth-order valence-electron chi connectivity index (χ4n) is 1.72. The Morgan fingerprint density at radius 3 is 1.44 bits per heavy atom. The van der Waals surface area contributed by atoms with Crippen molar-refractivity contribution in [2.75, 3.05) is 33.4 Å². The highest BCUT2D eigenvalue weighted by Gasteiger charge is 2.00. The van der Waals surface area contributed by atoms with Crippen molar-refractivity contribution in [3.05, 3.63) is 0 Å². The van der Waals surface area contributed by atoms with Crippen molar-refractivity contribution in [1.29, 1.82) is 0 Å². The van der Waals surface area contributed by atoms with Crippen molar-refractivity contribution in [1.82, 2.24) is 4.90 Å². The van der Waals surface area contributed by atoms with E-state index in [1.807, 2.05) is 0 Å². The minimum atomic E-state index is 0.365. The molecule has 0 aliphatic carbocycles. The summed E-state index contributed by atoms with van der Waals surface area (Å²) in [7, 11) is 2.20. The third kappa shape index (κ3) is 13.9. The molecule has 0 saturated heterocycles. The lowest BCUT2D eigenvalue weighted by Crippen LogP contribution is -2.21. The van der Waals surface area contributed by atoms with Crippen LogP contribution in [0, 0.1) is 0 Å². The molecule has 0 amide bonds. The zero-order chi connectivity index (χ0) is 13.8. The second kappa shape index (κ2) is 11.9. The van der Waals surface area contributed by atoms with Crippen LogP contribution in [-0.2, 0) is 9.47 Å². The molecule has 0 heterocycles. The van der Waals surface area contributed by atoms with Gasteiger partial charge >= 0.3 is 0 Å². The molecule has 0 fully saturated rings. The zero-order valence-corrected chi connectivity index (χ0v) is 13.1. The average Bonchev–Trinajstić information content (AvgIpc) is 2.27. The number of hydrogen-bond donors (Lipinski definition) is 0. The third-order valence-corrected chi connectivity index (χ3v) is 2.77. The molecule has 0 N–H and O–H groups in total. The summed E-state index contributed by atoms with van der Waals surface area (Å²) in [5.74, 6) is 0. The number of rotatable bonds is 12. The molecule has 0 aliphatic heterocycles. The first-order chi connectivity index (χ1) is 8.52. The molecule has 0 aliphatic rings. The van der Waals surface area contributed by atoms with Crippen molar-refractivity contribution in [2.24, 2.45) is 0 Å². The standard InChI is InChI=1S/C15H33NO2/c1-14(2)17-12-8-6-10-16(5)11-7-9-13-18-15(3)4/h14-15H,6-13H2,1-5H3. The monoisotopic (exact) mass is 259 g/mol. The summed E-state index contributed by atoms with van der Waals surface area (Å²) in [5, 5.41) is 0. The summed E-state index contributed by atoms with van der Waals surface area (Å²) < 4.78 is 11.0. The predicted molar refractivity (Wildman–Crippen MR) is 78.1 cm³/mol. The Balaban J connectivity index is 3.19. The Labute approximate surface area is 114 Å². The maximum atomic E-state index is 5.52. The molecule has 0 spiro atoms. The van der Waals surface area contributed by atoms with E-state index < -0.39 is 0 Å². The summed E-state index contributed by atoms with van der Waals surface area (Å²) in [6.45, 7) is 12.5. The summed E-state index contributed by atoms with van der Waals surface area (Å²) in [4.78, 5) is 2.41. The zero-order valence-electron chi connectivity index (χ0n) is 13.1. The lowest BCUT2D eigenvalue weighted by molar-refractivity contribution is 0.0726. The molecule has 0 aromatic rings. The van der Waals surface area contributed by atoms with Gasteiger partial charge in [-0.05, 0) is 73.5 Å². The summed E-state index contributed by atoms with van der Waals surface area (Å²) in [6.07, 6.45) is 5.52. The quantitative estimate of drug-likeness (QED) is 0.502. The molecule has 0 bridgehead atoms. The fraction of sp³-hybridized carbons (Fsp3) is 1.00. The molecule has 18 heavy (non-hydrogen) atoms. The van der Waals surface area contributed by atoms with Crippen LogP contribution in [0.5, 0.6) is 0 Å². The van der Waals surface area contributed by atoms with Crippen LogP contribution in [0.25, 0.3) is 0 Å². The molecule has 3 heteroatoms. The van der Waals surface area contributed by atoms with Crippen LogP contribution in [0.3, 0.4) is 0 Å². The SMILES string of the molecule is CC(C)OCCCCN(C)CCCCOC(C)C. The normalized spacial score (nSPS) is 12.0. The Morgan fingerprint density at radius 1 is 0.722 bits per heavy atom. The van der Waals surface area contributed by atoms with Gasteiger partial charge in [-0.1, -0.05) is 0 Å². The van der Waals surface area contributed by atoms with Gasteiger partial charge in [0.25, 0.3) is 0 Å². The van der Waals surface area contributed by atoms with Gasteiger partial charge in [-0.25, -0.2) is 0 Å². The van der Waals surface area contributed by atoms with E-state index >= 15 is 0 Å². The second-order valence-electron chi connectivity index (χ2n) is 5.56. The maximum Gasteiger partial charge on any atom is 0.0518 e. The van der Waals surface area contributed by atoms with Crippen LogP contribution in [0.2, 0.25) is 0 Å². The lowest BCUT2D eigenvalue weighted by Gasteiger charge is -2.17. The van der Waals surface area contributed by atoms with Crippen LogP contribution in [0.15, 0.2) is 0 Å². The van der Waals surface area contributed by atoms with Gasteiger partial charge in [-0.2, -0.15) is 0 Å². The third-order valence-electron chi connectivity index (χ3n) is 2.77. The highest BCUT2D eigenvalue weighted by atomic mass is 16.5. The molecule has 0 aromatic carbocycles. The topological polar surface area (TPSA) is 21.7 Å². The van der Waals surface area contributed by atoms with Gasteiger partial charge in [-0.3, -0.25) is 0 Å². The van der Waals surface area contributed by atoms with Crippen molar-refractivity contribution in [3.63, 3.8) is 0 Å². The van der Waals surface area contributed by atoms with Crippen LogP contribution in [0.1, 0.15) is 53.4 Å². The number of unbranched alkanes of at least 4 members (excludes halogenated alkanes) is 2. The van der Waals surface area contributed by atoms with Gasteiger partial charge in [0, 0.05) is 13.2 Å². The first-order valence-electron chi connectivity index (χ1n) is 7.44. The maximum absolute atomic E-state index is 5.52. The molecule has 3 nitrogen and oxygen atoms in total. The highest BCUT2D eigenvalue weighted by molar-refractivity contribution is 4.53. The molecule has 0 saturated carbocycles. The lowest BCUT2D eigenvalue weighted by atomic mass is 10.2. The smallest absolute Gasteiger partial charge is 0.0518 e. The van der Waals surface area contributed by atoms with E-state index in [1.165, 1.54) is 38.8 Å². The van der Waals surface area contributed by atoms with Crippen molar-refractivity contribution >= 4 is 0 Å². The van der Waals surface area contributed by atoms with E-state index in [-0.39, 0.29) is 0 Å².